The molecular formula is C23H34O. The molecule has 0 amide bonds. The fraction of sp³-hybridized carbons (Fsp3) is 0.478. The lowest BCUT2D eigenvalue weighted by Gasteiger charge is -2.17. The molecule has 2 rings (SSSR count). The minimum atomic E-state index is 0.322. The van der Waals surface area contributed by atoms with Gasteiger partial charge in [-0.2, -0.15) is 0 Å². The number of hydrogen-bond donors (Lipinski definition) is 1. The Bertz CT molecular complexity index is 558. The SMILES string of the molecule is CCCCc1cccc(C(C)C)c1CCCC.Oc1ccccc1. The first kappa shape index (κ1) is 20.3. The van der Waals surface area contributed by atoms with Gasteiger partial charge in [0.2, 0.25) is 0 Å². The molecule has 0 radical (unpaired) electrons. The van der Waals surface area contributed by atoms with Gasteiger partial charge in [-0.3, -0.25) is 0 Å². The molecule has 0 atom stereocenters. The summed E-state index contributed by atoms with van der Waals surface area (Å²) in [6.07, 6.45) is 7.75. The molecule has 24 heavy (non-hydrogen) atoms. The maximum Gasteiger partial charge on any atom is 0.115 e. The molecule has 1 nitrogen and oxygen atoms in total. The molecule has 0 fully saturated rings. The van der Waals surface area contributed by atoms with E-state index in [1.807, 2.05) is 6.07 Å². The van der Waals surface area contributed by atoms with E-state index < -0.39 is 0 Å². The summed E-state index contributed by atoms with van der Waals surface area (Å²) in [4.78, 5) is 0. The average Bonchev–Trinajstić information content (AvgIpc) is 2.59. The number of phenolic OH excluding ortho intramolecular Hbond substituents is 1. The Hall–Kier alpha value is -1.76. The summed E-state index contributed by atoms with van der Waals surface area (Å²) in [5.41, 5.74) is 4.83. The zero-order chi connectivity index (χ0) is 17.8. The molecule has 0 aliphatic rings. The lowest BCUT2D eigenvalue weighted by atomic mass is 9.88. The van der Waals surface area contributed by atoms with Crippen molar-refractivity contribution in [1.29, 1.82) is 0 Å². The number of aryl methyl sites for hydroxylation is 1. The van der Waals surface area contributed by atoms with Crippen molar-refractivity contribution >= 4 is 0 Å². The molecule has 0 saturated heterocycles. The zero-order valence-electron chi connectivity index (χ0n) is 15.9. The minimum Gasteiger partial charge on any atom is -0.508 e. The highest BCUT2D eigenvalue weighted by Crippen LogP contribution is 2.25. The number of para-hydroxylation sites is 1. The predicted octanol–water partition coefficient (Wildman–Crippen LogP) is 6.89. The number of rotatable bonds is 7. The predicted molar refractivity (Wildman–Crippen MR) is 106 cm³/mol. The summed E-state index contributed by atoms with van der Waals surface area (Å²) in [5, 5.41) is 8.63. The van der Waals surface area contributed by atoms with Gasteiger partial charge in [0, 0.05) is 0 Å². The third kappa shape index (κ3) is 7.21. The van der Waals surface area contributed by atoms with Gasteiger partial charge in [-0.1, -0.05) is 76.9 Å². The molecule has 1 heteroatoms. The van der Waals surface area contributed by atoms with E-state index in [9.17, 15) is 0 Å². The third-order valence-electron chi connectivity index (χ3n) is 4.27. The van der Waals surface area contributed by atoms with E-state index in [0.29, 0.717) is 11.7 Å². The Morgan fingerprint density at radius 3 is 1.92 bits per heavy atom. The molecular weight excluding hydrogens is 292 g/mol. The summed E-state index contributed by atoms with van der Waals surface area (Å²) in [6.45, 7) is 9.18. The first-order valence-corrected chi connectivity index (χ1v) is 9.44. The Kier molecular flexibility index (Phi) is 9.91. The van der Waals surface area contributed by atoms with Crippen molar-refractivity contribution in [3.63, 3.8) is 0 Å². The van der Waals surface area contributed by atoms with Crippen molar-refractivity contribution in [1.82, 2.24) is 0 Å². The molecule has 0 aliphatic heterocycles. The topological polar surface area (TPSA) is 20.2 Å². The fourth-order valence-electron chi connectivity index (χ4n) is 2.88. The molecule has 132 valence electrons. The number of aromatic hydroxyl groups is 1. The number of hydrogen-bond acceptors (Lipinski definition) is 1. The standard InChI is InChI=1S/C17H28.C6H6O/c1-5-7-10-15-11-9-13-16(14(3)4)17(15)12-8-6-2;7-6-4-2-1-3-5-6/h9,11,13-14H,5-8,10,12H2,1-4H3;1-5,7H. The van der Waals surface area contributed by atoms with Crippen LogP contribution >= 0.6 is 0 Å². The molecule has 0 aliphatic carbocycles. The van der Waals surface area contributed by atoms with E-state index in [4.69, 9.17) is 5.11 Å². The first-order valence-electron chi connectivity index (χ1n) is 9.44. The summed E-state index contributed by atoms with van der Waals surface area (Å²) in [6, 6.07) is 15.6. The van der Waals surface area contributed by atoms with Crippen LogP contribution in [0.4, 0.5) is 0 Å². The summed E-state index contributed by atoms with van der Waals surface area (Å²) in [7, 11) is 0. The number of phenols is 1. The van der Waals surface area contributed by atoms with Gasteiger partial charge in [0.05, 0.1) is 0 Å². The van der Waals surface area contributed by atoms with Gasteiger partial charge in [-0.15, -0.1) is 0 Å². The average molecular weight is 327 g/mol. The maximum atomic E-state index is 8.63. The van der Waals surface area contributed by atoms with Crippen LogP contribution < -0.4 is 0 Å². The summed E-state index contributed by atoms with van der Waals surface area (Å²) < 4.78 is 0. The summed E-state index contributed by atoms with van der Waals surface area (Å²) >= 11 is 0. The second-order valence-corrected chi connectivity index (χ2v) is 6.68. The van der Waals surface area contributed by atoms with Crippen LogP contribution in [-0.2, 0) is 12.8 Å². The smallest absolute Gasteiger partial charge is 0.115 e. The van der Waals surface area contributed by atoms with Gasteiger partial charge in [0.1, 0.15) is 5.75 Å². The van der Waals surface area contributed by atoms with Crippen LogP contribution in [-0.4, -0.2) is 5.11 Å². The van der Waals surface area contributed by atoms with E-state index in [1.165, 1.54) is 38.5 Å². The quantitative estimate of drug-likeness (QED) is 0.587. The van der Waals surface area contributed by atoms with Gasteiger partial charge >= 0.3 is 0 Å². The van der Waals surface area contributed by atoms with Gasteiger partial charge in [-0.05, 0) is 60.4 Å². The third-order valence-corrected chi connectivity index (χ3v) is 4.27. The highest BCUT2D eigenvalue weighted by Gasteiger charge is 2.10. The van der Waals surface area contributed by atoms with E-state index in [1.54, 1.807) is 41.0 Å². The second kappa shape index (κ2) is 11.7. The van der Waals surface area contributed by atoms with Crippen LogP contribution in [0.25, 0.3) is 0 Å². The second-order valence-electron chi connectivity index (χ2n) is 6.68. The van der Waals surface area contributed by atoms with Crippen LogP contribution in [0.1, 0.15) is 76.0 Å². The zero-order valence-corrected chi connectivity index (χ0v) is 15.9. The minimum absolute atomic E-state index is 0.322. The van der Waals surface area contributed by atoms with Gasteiger partial charge < -0.3 is 5.11 Å². The van der Waals surface area contributed by atoms with Crippen molar-refractivity contribution in [3.05, 3.63) is 65.2 Å². The molecule has 0 aromatic heterocycles. The van der Waals surface area contributed by atoms with Gasteiger partial charge in [0.15, 0.2) is 0 Å². The van der Waals surface area contributed by atoms with Gasteiger partial charge in [-0.25, -0.2) is 0 Å². The van der Waals surface area contributed by atoms with Crippen LogP contribution in [0, 0.1) is 0 Å². The number of benzene rings is 2. The molecule has 1 N–H and O–H groups in total. The van der Waals surface area contributed by atoms with E-state index in [2.05, 4.69) is 45.9 Å². The molecule has 0 saturated carbocycles. The highest BCUT2D eigenvalue weighted by atomic mass is 16.3. The maximum absolute atomic E-state index is 8.63. The van der Waals surface area contributed by atoms with Crippen LogP contribution in [0.15, 0.2) is 48.5 Å². The van der Waals surface area contributed by atoms with E-state index >= 15 is 0 Å². The van der Waals surface area contributed by atoms with Gasteiger partial charge in [0.25, 0.3) is 0 Å². The lowest BCUT2D eigenvalue weighted by Crippen LogP contribution is -2.02. The lowest BCUT2D eigenvalue weighted by molar-refractivity contribution is 0.475. The van der Waals surface area contributed by atoms with Crippen molar-refractivity contribution in [2.75, 3.05) is 0 Å². The van der Waals surface area contributed by atoms with Crippen molar-refractivity contribution in [3.8, 4) is 5.75 Å². The Balaban J connectivity index is 0.000000341. The Morgan fingerprint density at radius 1 is 0.792 bits per heavy atom. The largest absolute Gasteiger partial charge is 0.508 e. The molecule has 2 aromatic carbocycles. The Labute approximate surface area is 148 Å². The van der Waals surface area contributed by atoms with Crippen LogP contribution in [0.3, 0.4) is 0 Å². The fourth-order valence-corrected chi connectivity index (χ4v) is 2.88. The number of unbranched alkanes of at least 4 members (excludes halogenated alkanes) is 2. The molecule has 0 bridgehead atoms. The van der Waals surface area contributed by atoms with Crippen LogP contribution in [0.5, 0.6) is 5.75 Å². The van der Waals surface area contributed by atoms with Crippen molar-refractivity contribution in [2.45, 2.75) is 72.1 Å². The molecule has 0 unspecified atom stereocenters. The Morgan fingerprint density at radius 2 is 1.42 bits per heavy atom. The normalized spacial score (nSPS) is 10.4. The van der Waals surface area contributed by atoms with Crippen molar-refractivity contribution in [2.24, 2.45) is 0 Å². The molecule has 0 spiro atoms. The van der Waals surface area contributed by atoms with E-state index in [0.717, 1.165) is 0 Å². The van der Waals surface area contributed by atoms with E-state index in [-0.39, 0.29) is 0 Å². The van der Waals surface area contributed by atoms with Crippen molar-refractivity contribution < 1.29 is 5.11 Å². The molecule has 0 heterocycles. The monoisotopic (exact) mass is 326 g/mol. The molecule has 2 aromatic rings. The van der Waals surface area contributed by atoms with Crippen LogP contribution in [0.2, 0.25) is 0 Å². The highest BCUT2D eigenvalue weighted by molar-refractivity contribution is 5.37. The summed E-state index contributed by atoms with van der Waals surface area (Å²) in [5.74, 6) is 0.978. The first-order chi connectivity index (χ1) is 11.6.